The molecule has 0 radical (unpaired) electrons. The summed E-state index contributed by atoms with van der Waals surface area (Å²) < 4.78 is 56.0. The van der Waals surface area contributed by atoms with E-state index in [1.807, 2.05) is 20.8 Å². The molecule has 6 nitrogen and oxygen atoms in total. The van der Waals surface area contributed by atoms with Gasteiger partial charge in [0.25, 0.3) is 15.9 Å². The van der Waals surface area contributed by atoms with Crippen molar-refractivity contribution in [3.05, 3.63) is 17.9 Å². The fourth-order valence-corrected chi connectivity index (χ4v) is 2.28. The summed E-state index contributed by atoms with van der Waals surface area (Å²) in [5, 5.41) is 11.1. The van der Waals surface area contributed by atoms with Crippen LogP contribution >= 0.6 is 0 Å². The average Bonchev–Trinajstić information content (AvgIpc) is 2.83. The van der Waals surface area contributed by atoms with Crippen LogP contribution in [0.5, 0.6) is 0 Å². The maximum absolute atomic E-state index is 12.8. The van der Waals surface area contributed by atoms with Gasteiger partial charge in [-0.1, -0.05) is 0 Å². The van der Waals surface area contributed by atoms with Crippen molar-refractivity contribution in [3.8, 4) is 0 Å². The predicted octanol–water partition coefficient (Wildman–Crippen LogP) is 1.07. The van der Waals surface area contributed by atoms with Gasteiger partial charge in [-0.05, 0) is 32.9 Å². The summed E-state index contributed by atoms with van der Waals surface area (Å²) in [7, 11) is -4.17. The summed E-state index contributed by atoms with van der Waals surface area (Å²) in [6.07, 6.45) is 0. The first-order valence-corrected chi connectivity index (χ1v) is 7.76. The van der Waals surface area contributed by atoms with Crippen LogP contribution < -0.4 is 10.0 Å². The van der Waals surface area contributed by atoms with E-state index in [4.69, 9.17) is 9.52 Å². The molecule has 0 amide bonds. The van der Waals surface area contributed by atoms with E-state index in [1.54, 1.807) is 4.72 Å². The first-order chi connectivity index (χ1) is 9.45. The molecule has 1 rings (SSSR count). The summed E-state index contributed by atoms with van der Waals surface area (Å²) in [4.78, 5) is 0. The summed E-state index contributed by atoms with van der Waals surface area (Å²) in [6, 6.07) is 2.65. The van der Waals surface area contributed by atoms with Gasteiger partial charge < -0.3 is 14.8 Å². The fourth-order valence-electron chi connectivity index (χ4n) is 1.28. The van der Waals surface area contributed by atoms with Crippen LogP contribution in [0.2, 0.25) is 0 Å². The van der Waals surface area contributed by atoms with Crippen molar-refractivity contribution in [2.24, 2.45) is 0 Å². The lowest BCUT2D eigenvalue weighted by molar-refractivity contribution is -0.0437. The van der Waals surface area contributed by atoms with E-state index < -0.39 is 34.2 Å². The molecule has 0 saturated heterocycles. The molecule has 21 heavy (non-hydrogen) atoms. The molecule has 0 atom stereocenters. The molecule has 0 aliphatic rings. The Labute approximate surface area is 122 Å². The van der Waals surface area contributed by atoms with Crippen LogP contribution in [-0.2, 0) is 16.6 Å². The third-order valence-corrected chi connectivity index (χ3v) is 3.72. The second-order valence-corrected chi connectivity index (χ2v) is 7.36. The van der Waals surface area contributed by atoms with Crippen LogP contribution in [0.15, 0.2) is 21.6 Å². The minimum absolute atomic E-state index is 0.173. The van der Waals surface area contributed by atoms with E-state index in [1.165, 1.54) is 12.1 Å². The first-order valence-electron chi connectivity index (χ1n) is 6.27. The number of rotatable bonds is 7. The summed E-state index contributed by atoms with van der Waals surface area (Å²) >= 11 is 0. The molecule has 0 aliphatic carbocycles. The van der Waals surface area contributed by atoms with Gasteiger partial charge in [-0.15, -0.1) is 0 Å². The van der Waals surface area contributed by atoms with Crippen molar-refractivity contribution < 1.29 is 26.7 Å². The number of hydrogen-bond donors (Lipinski definition) is 3. The van der Waals surface area contributed by atoms with Crippen molar-refractivity contribution in [2.75, 3.05) is 13.2 Å². The van der Waals surface area contributed by atoms with E-state index in [9.17, 15) is 17.2 Å². The first kappa shape index (κ1) is 18.0. The minimum atomic E-state index is -4.17. The molecule has 3 N–H and O–H groups in total. The van der Waals surface area contributed by atoms with Crippen molar-refractivity contribution >= 4 is 10.0 Å². The van der Waals surface area contributed by atoms with E-state index in [0.717, 1.165) is 0 Å². The molecular weight excluding hydrogens is 306 g/mol. The Balaban J connectivity index is 2.70. The van der Waals surface area contributed by atoms with Gasteiger partial charge in [-0.2, -0.15) is 0 Å². The third-order valence-electron chi connectivity index (χ3n) is 2.45. The molecule has 9 heteroatoms. The second kappa shape index (κ2) is 6.39. The van der Waals surface area contributed by atoms with Crippen molar-refractivity contribution in [1.29, 1.82) is 0 Å². The molecule has 0 bridgehead atoms. The fraction of sp³-hybridized carbons (Fsp3) is 0.667. The quantitative estimate of drug-likeness (QED) is 0.697. The van der Waals surface area contributed by atoms with Gasteiger partial charge in [-0.25, -0.2) is 21.9 Å². The predicted molar refractivity (Wildman–Crippen MR) is 72.5 cm³/mol. The van der Waals surface area contributed by atoms with Crippen LogP contribution in [0, 0.1) is 0 Å². The highest BCUT2D eigenvalue weighted by atomic mass is 32.2. The molecule has 0 fully saturated rings. The van der Waals surface area contributed by atoms with Crippen LogP contribution in [0.1, 0.15) is 26.5 Å². The topological polar surface area (TPSA) is 91.6 Å². The molecule has 0 aromatic carbocycles. The molecule has 1 heterocycles. The van der Waals surface area contributed by atoms with Crippen LogP contribution in [0.25, 0.3) is 0 Å². The molecule has 0 saturated carbocycles. The second-order valence-electron chi connectivity index (χ2n) is 5.66. The maximum atomic E-state index is 12.8. The largest absolute Gasteiger partial charge is 0.447 e. The zero-order chi connectivity index (χ0) is 16.3. The lowest BCUT2D eigenvalue weighted by Gasteiger charge is -2.19. The van der Waals surface area contributed by atoms with Crippen molar-refractivity contribution in [2.45, 2.75) is 43.9 Å². The van der Waals surface area contributed by atoms with Gasteiger partial charge >= 0.3 is 0 Å². The monoisotopic (exact) mass is 326 g/mol. The van der Waals surface area contributed by atoms with E-state index >= 15 is 0 Å². The normalized spacial score (nSPS) is 13.6. The standard InChI is InChI=1S/C12H20F2N2O4S/c1-11(2,3)15-6-9-4-5-10(20-9)21(18,19)16-7-12(13,14)8-17/h4-5,15-17H,6-8H2,1-3H3. The molecule has 0 unspecified atom stereocenters. The minimum Gasteiger partial charge on any atom is -0.447 e. The Morgan fingerprint density at radius 3 is 2.43 bits per heavy atom. The lowest BCUT2D eigenvalue weighted by atomic mass is 10.1. The highest BCUT2D eigenvalue weighted by Crippen LogP contribution is 2.16. The average molecular weight is 326 g/mol. The molecule has 0 spiro atoms. The van der Waals surface area contributed by atoms with Crippen molar-refractivity contribution in [1.82, 2.24) is 10.0 Å². The Bertz CT molecular complexity index is 564. The van der Waals surface area contributed by atoms with Crippen LogP contribution in [0.4, 0.5) is 8.78 Å². The van der Waals surface area contributed by atoms with Gasteiger partial charge in [-0.3, -0.25) is 0 Å². The smallest absolute Gasteiger partial charge is 0.283 e. The van der Waals surface area contributed by atoms with Gasteiger partial charge in [0.1, 0.15) is 12.4 Å². The molecule has 0 aliphatic heterocycles. The number of nitrogens with one attached hydrogen (secondary N) is 2. The highest BCUT2D eigenvalue weighted by Gasteiger charge is 2.31. The number of hydrogen-bond acceptors (Lipinski definition) is 5. The number of aliphatic hydroxyl groups is 1. The van der Waals surface area contributed by atoms with E-state index in [-0.39, 0.29) is 5.54 Å². The van der Waals surface area contributed by atoms with Gasteiger partial charge in [0, 0.05) is 5.54 Å². The molecular formula is C12H20F2N2O4S. The number of halogens is 2. The highest BCUT2D eigenvalue weighted by molar-refractivity contribution is 7.89. The summed E-state index contributed by atoms with van der Waals surface area (Å²) in [5.74, 6) is -3.14. The number of alkyl halides is 2. The van der Waals surface area contributed by atoms with Gasteiger partial charge in [0.15, 0.2) is 0 Å². The van der Waals surface area contributed by atoms with Gasteiger partial charge in [0.05, 0.1) is 13.1 Å². The Hall–Kier alpha value is -1.03. The van der Waals surface area contributed by atoms with E-state index in [2.05, 4.69) is 5.32 Å². The summed E-state index contributed by atoms with van der Waals surface area (Å²) in [6.45, 7) is 3.49. The SMILES string of the molecule is CC(C)(C)NCc1ccc(S(=O)(=O)NCC(F)(F)CO)o1. The van der Waals surface area contributed by atoms with Crippen LogP contribution in [0.3, 0.4) is 0 Å². The van der Waals surface area contributed by atoms with Crippen molar-refractivity contribution in [3.63, 3.8) is 0 Å². The van der Waals surface area contributed by atoms with E-state index in [0.29, 0.717) is 12.3 Å². The number of aliphatic hydroxyl groups excluding tert-OH is 1. The van der Waals surface area contributed by atoms with Gasteiger partial charge in [0.2, 0.25) is 5.09 Å². The molecule has 122 valence electrons. The third kappa shape index (κ3) is 6.08. The number of sulfonamides is 1. The summed E-state index contributed by atoms with van der Waals surface area (Å²) in [5.41, 5.74) is -0.173. The Morgan fingerprint density at radius 1 is 1.29 bits per heavy atom. The lowest BCUT2D eigenvalue weighted by Crippen LogP contribution is -2.38. The number of furan rings is 1. The molecule has 1 aromatic rings. The Kier molecular flexibility index (Phi) is 5.48. The maximum Gasteiger partial charge on any atom is 0.283 e. The molecule has 1 aromatic heterocycles. The van der Waals surface area contributed by atoms with Crippen LogP contribution in [-0.4, -0.2) is 38.1 Å². The zero-order valence-corrected chi connectivity index (χ0v) is 12.9. The zero-order valence-electron chi connectivity index (χ0n) is 12.1. The Morgan fingerprint density at radius 2 is 1.90 bits per heavy atom.